The van der Waals surface area contributed by atoms with E-state index in [0.29, 0.717) is 12.1 Å². The molecule has 25 heavy (non-hydrogen) atoms. The quantitative estimate of drug-likeness (QED) is 0.411. The largest absolute Gasteiger partial charge is 0.361 e. The van der Waals surface area contributed by atoms with Crippen molar-refractivity contribution in [1.29, 1.82) is 0 Å². The molecule has 0 fully saturated rings. The van der Waals surface area contributed by atoms with Crippen LogP contribution in [-0.4, -0.2) is 14.7 Å². The molecule has 0 atom stereocenters. The Balaban J connectivity index is 1.86. The van der Waals surface area contributed by atoms with Gasteiger partial charge in [0.15, 0.2) is 0 Å². The zero-order chi connectivity index (χ0) is 17.6. The summed E-state index contributed by atoms with van der Waals surface area (Å²) in [5.74, 6) is 0.565. The smallest absolute Gasteiger partial charge is 0.141 e. The summed E-state index contributed by atoms with van der Waals surface area (Å²) < 4.78 is 22.4. The number of aromatic nitrogens is 3. The predicted molar refractivity (Wildman–Crippen MR) is 103 cm³/mol. The molecule has 0 aliphatic rings. The highest BCUT2D eigenvalue weighted by Gasteiger charge is 2.15. The highest BCUT2D eigenvalue weighted by atomic mass is 127. The predicted octanol–water partition coefficient (Wildman–Crippen LogP) is 5.10. The Hall–Kier alpha value is -2.22. The summed E-state index contributed by atoms with van der Waals surface area (Å²) in [6, 6.07) is 8.91. The zero-order valence-corrected chi connectivity index (χ0v) is 15.9. The summed E-state index contributed by atoms with van der Waals surface area (Å²) in [6.45, 7) is 4.26. The van der Waals surface area contributed by atoms with E-state index in [1.165, 1.54) is 6.07 Å². The normalized spacial score (nSPS) is 11.4. The van der Waals surface area contributed by atoms with Crippen molar-refractivity contribution in [3.05, 3.63) is 69.1 Å². The molecule has 4 nitrogen and oxygen atoms in total. The Morgan fingerprint density at radius 1 is 1.24 bits per heavy atom. The minimum atomic E-state index is -0.200. The summed E-state index contributed by atoms with van der Waals surface area (Å²) in [6.07, 6.45) is 3.84. The van der Waals surface area contributed by atoms with Gasteiger partial charge < -0.3 is 9.09 Å². The highest BCUT2D eigenvalue weighted by molar-refractivity contribution is 14.1. The number of fused-ring (bicyclic) bond motifs is 1. The van der Waals surface area contributed by atoms with Crippen LogP contribution < -0.4 is 0 Å². The molecule has 0 unspecified atom stereocenters. The van der Waals surface area contributed by atoms with E-state index < -0.39 is 0 Å². The molecule has 3 heterocycles. The van der Waals surface area contributed by atoms with Gasteiger partial charge in [0.1, 0.15) is 17.1 Å². The first-order chi connectivity index (χ1) is 12.0. The molecule has 0 saturated carbocycles. The van der Waals surface area contributed by atoms with E-state index in [4.69, 9.17) is 4.52 Å². The highest BCUT2D eigenvalue weighted by Crippen LogP contribution is 2.31. The van der Waals surface area contributed by atoms with Gasteiger partial charge in [-0.15, -0.1) is 0 Å². The van der Waals surface area contributed by atoms with Gasteiger partial charge in [-0.05, 0) is 48.6 Å². The molecule has 0 amide bonds. The van der Waals surface area contributed by atoms with E-state index in [1.54, 1.807) is 12.1 Å². The molecule has 0 radical (unpaired) electrons. The average molecular weight is 447 g/mol. The second kappa shape index (κ2) is 6.25. The van der Waals surface area contributed by atoms with Gasteiger partial charge in [-0.1, -0.05) is 23.4 Å². The molecule has 4 rings (SSSR count). The molecule has 0 bridgehead atoms. The summed E-state index contributed by atoms with van der Waals surface area (Å²) in [5.41, 5.74) is 5.27. The maximum Gasteiger partial charge on any atom is 0.141 e. The molecule has 3 aromatic heterocycles. The van der Waals surface area contributed by atoms with Crippen LogP contribution in [0, 0.1) is 23.2 Å². The maximum atomic E-state index is 14.0. The van der Waals surface area contributed by atoms with Crippen molar-refractivity contribution in [2.45, 2.75) is 20.4 Å². The molecular weight excluding hydrogens is 432 g/mol. The topological polar surface area (TPSA) is 43.9 Å². The van der Waals surface area contributed by atoms with Crippen LogP contribution in [-0.2, 0) is 6.54 Å². The Kier molecular flexibility index (Phi) is 4.07. The lowest BCUT2D eigenvalue weighted by Crippen LogP contribution is -2.00. The Bertz CT molecular complexity index is 1060. The van der Waals surface area contributed by atoms with Crippen molar-refractivity contribution in [2.75, 3.05) is 0 Å². The SMILES string of the molecule is Cc1noc(C)c1-c1cnc2c(I)cn(Cc3ccccc3F)c2c1. The maximum absolute atomic E-state index is 14.0. The van der Waals surface area contributed by atoms with Crippen LogP contribution in [0.4, 0.5) is 4.39 Å². The summed E-state index contributed by atoms with van der Waals surface area (Å²) in [5, 5.41) is 4.02. The van der Waals surface area contributed by atoms with Gasteiger partial charge in [0, 0.05) is 29.1 Å². The molecule has 6 heteroatoms. The first-order valence-corrected chi connectivity index (χ1v) is 8.93. The average Bonchev–Trinajstić information content (AvgIpc) is 3.09. The lowest BCUT2D eigenvalue weighted by Gasteiger charge is -2.08. The Morgan fingerprint density at radius 3 is 2.76 bits per heavy atom. The van der Waals surface area contributed by atoms with Crippen LogP contribution >= 0.6 is 22.6 Å². The van der Waals surface area contributed by atoms with Gasteiger partial charge >= 0.3 is 0 Å². The van der Waals surface area contributed by atoms with Gasteiger partial charge in [0.25, 0.3) is 0 Å². The first-order valence-electron chi connectivity index (χ1n) is 7.85. The molecule has 126 valence electrons. The summed E-state index contributed by atoms with van der Waals surface area (Å²) in [4.78, 5) is 4.61. The van der Waals surface area contributed by atoms with Gasteiger partial charge in [-0.3, -0.25) is 4.98 Å². The Labute approximate surface area is 157 Å². The van der Waals surface area contributed by atoms with Crippen LogP contribution in [0.3, 0.4) is 0 Å². The number of rotatable bonds is 3. The second-order valence-corrected chi connectivity index (χ2v) is 7.15. The van der Waals surface area contributed by atoms with E-state index in [-0.39, 0.29) is 5.82 Å². The lowest BCUT2D eigenvalue weighted by atomic mass is 10.1. The molecule has 1 aromatic carbocycles. The number of hydrogen-bond donors (Lipinski definition) is 0. The van der Waals surface area contributed by atoms with Crippen LogP contribution in [0.25, 0.3) is 22.2 Å². The van der Waals surface area contributed by atoms with Crippen molar-refractivity contribution in [2.24, 2.45) is 0 Å². The minimum Gasteiger partial charge on any atom is -0.361 e. The molecular formula is C19H15FIN3O. The molecule has 0 spiro atoms. The molecule has 0 aliphatic carbocycles. The number of aryl methyl sites for hydroxylation is 2. The van der Waals surface area contributed by atoms with Crippen molar-refractivity contribution in [3.63, 3.8) is 0 Å². The number of halogens is 2. The van der Waals surface area contributed by atoms with E-state index in [9.17, 15) is 4.39 Å². The summed E-state index contributed by atoms with van der Waals surface area (Å²) in [7, 11) is 0. The van der Waals surface area contributed by atoms with Gasteiger partial charge in [-0.25, -0.2) is 4.39 Å². The van der Waals surface area contributed by atoms with E-state index in [1.807, 2.05) is 36.9 Å². The third-order valence-electron chi connectivity index (χ3n) is 4.29. The Morgan fingerprint density at radius 2 is 2.04 bits per heavy atom. The van der Waals surface area contributed by atoms with E-state index in [2.05, 4.69) is 38.8 Å². The van der Waals surface area contributed by atoms with Crippen LogP contribution in [0.1, 0.15) is 17.0 Å². The van der Waals surface area contributed by atoms with Crippen molar-refractivity contribution in [1.82, 2.24) is 14.7 Å². The molecule has 0 saturated heterocycles. The van der Waals surface area contributed by atoms with Gasteiger partial charge in [0.05, 0.1) is 21.3 Å². The van der Waals surface area contributed by atoms with Gasteiger partial charge in [-0.2, -0.15) is 0 Å². The number of nitrogens with zero attached hydrogens (tertiary/aromatic N) is 3. The van der Waals surface area contributed by atoms with Crippen LogP contribution in [0.15, 0.2) is 47.2 Å². The third-order valence-corrected chi connectivity index (χ3v) is 5.08. The van der Waals surface area contributed by atoms with Crippen LogP contribution in [0.5, 0.6) is 0 Å². The van der Waals surface area contributed by atoms with Crippen molar-refractivity contribution in [3.8, 4) is 11.1 Å². The van der Waals surface area contributed by atoms with Crippen LogP contribution in [0.2, 0.25) is 0 Å². The zero-order valence-electron chi connectivity index (χ0n) is 13.8. The fraction of sp³-hybridized carbons (Fsp3) is 0.158. The van der Waals surface area contributed by atoms with E-state index in [0.717, 1.165) is 37.2 Å². The van der Waals surface area contributed by atoms with Crippen molar-refractivity contribution >= 4 is 33.6 Å². The fourth-order valence-electron chi connectivity index (χ4n) is 3.10. The molecule has 4 aromatic rings. The van der Waals surface area contributed by atoms with Crippen molar-refractivity contribution < 1.29 is 8.91 Å². The number of pyridine rings is 1. The minimum absolute atomic E-state index is 0.200. The number of benzene rings is 1. The van der Waals surface area contributed by atoms with Gasteiger partial charge in [0.2, 0.25) is 0 Å². The standard InChI is InChI=1S/C19H15FIN3O/c1-11-18(12(2)25-23-11)14-7-17-19(22-8-14)16(21)10-24(17)9-13-5-3-4-6-15(13)20/h3-8,10H,9H2,1-2H3. The number of hydrogen-bond acceptors (Lipinski definition) is 3. The lowest BCUT2D eigenvalue weighted by molar-refractivity contribution is 0.393. The molecule has 0 aliphatic heterocycles. The first kappa shape index (κ1) is 16.3. The fourth-order valence-corrected chi connectivity index (χ4v) is 3.85. The molecule has 0 N–H and O–H groups in total. The third kappa shape index (κ3) is 2.84. The summed E-state index contributed by atoms with van der Waals surface area (Å²) >= 11 is 2.26. The van der Waals surface area contributed by atoms with E-state index >= 15 is 0 Å². The monoisotopic (exact) mass is 447 g/mol. The second-order valence-electron chi connectivity index (χ2n) is 5.99.